The molecule has 0 aromatic heterocycles. The van der Waals surface area contributed by atoms with Crippen LogP contribution in [0, 0.1) is 0 Å². The highest BCUT2D eigenvalue weighted by atomic mass is 35.5. The number of β-amino-alcohol motifs (C(OH)–C–C–N with tert-alkyl or cyclic N) is 1. The van der Waals surface area contributed by atoms with Crippen LogP contribution in [-0.4, -0.2) is 59.1 Å². The summed E-state index contributed by atoms with van der Waals surface area (Å²) in [5.74, 6) is -0.725. The fraction of sp³-hybridized carbons (Fsp3) is 0.310. The Bertz CT molecular complexity index is 1190. The predicted octanol–water partition coefficient (Wildman–Crippen LogP) is 4.92. The lowest BCUT2D eigenvalue weighted by atomic mass is 10.0. The van der Waals surface area contributed by atoms with Gasteiger partial charge in [-0.05, 0) is 35.2 Å². The molecule has 0 spiro atoms. The van der Waals surface area contributed by atoms with Crippen molar-refractivity contribution in [2.24, 2.45) is 0 Å². The van der Waals surface area contributed by atoms with E-state index in [1.807, 2.05) is 60.7 Å². The molecule has 0 radical (unpaired) electrons. The minimum atomic E-state index is -0.492. The molecule has 6 nitrogen and oxygen atoms in total. The maximum atomic E-state index is 13.7. The summed E-state index contributed by atoms with van der Waals surface area (Å²) in [6, 6.07) is 23.7. The lowest BCUT2D eigenvalue weighted by Crippen LogP contribution is -2.44. The highest BCUT2D eigenvalue weighted by Crippen LogP contribution is 2.27. The molecule has 1 fully saturated rings. The van der Waals surface area contributed by atoms with Crippen molar-refractivity contribution in [3.63, 3.8) is 0 Å². The van der Waals surface area contributed by atoms with Crippen LogP contribution in [0.2, 0.25) is 10.0 Å². The van der Waals surface area contributed by atoms with Gasteiger partial charge in [-0.1, -0.05) is 89.9 Å². The van der Waals surface area contributed by atoms with Crippen LogP contribution >= 0.6 is 23.2 Å². The summed E-state index contributed by atoms with van der Waals surface area (Å²) in [4.78, 5) is 30.4. The lowest BCUT2D eigenvalue weighted by Gasteiger charge is -2.34. The first-order chi connectivity index (χ1) is 17.9. The van der Waals surface area contributed by atoms with Crippen molar-refractivity contribution in [1.82, 2.24) is 9.80 Å². The zero-order valence-corrected chi connectivity index (χ0v) is 21.9. The van der Waals surface area contributed by atoms with Gasteiger partial charge in [0, 0.05) is 19.6 Å². The number of likely N-dealkylation sites (tertiary alicyclic amines) is 1. The quantitative estimate of drug-likeness (QED) is 0.370. The van der Waals surface area contributed by atoms with Gasteiger partial charge in [0.2, 0.25) is 5.91 Å². The predicted molar refractivity (Wildman–Crippen MR) is 144 cm³/mol. The number of benzene rings is 3. The van der Waals surface area contributed by atoms with Crippen molar-refractivity contribution in [2.45, 2.75) is 31.6 Å². The monoisotopic (exact) mass is 540 g/mol. The molecule has 1 heterocycles. The molecular weight excluding hydrogens is 511 g/mol. The van der Waals surface area contributed by atoms with Gasteiger partial charge in [-0.3, -0.25) is 14.5 Å². The van der Waals surface area contributed by atoms with E-state index in [0.29, 0.717) is 35.1 Å². The number of ether oxygens (including phenoxy) is 1. The largest absolute Gasteiger partial charge is 0.459 e. The molecule has 2 atom stereocenters. The van der Waals surface area contributed by atoms with Gasteiger partial charge >= 0.3 is 5.97 Å². The van der Waals surface area contributed by atoms with Crippen LogP contribution in [0.1, 0.15) is 29.2 Å². The molecule has 1 aliphatic heterocycles. The molecule has 3 aromatic rings. The molecule has 37 heavy (non-hydrogen) atoms. The summed E-state index contributed by atoms with van der Waals surface area (Å²) in [7, 11) is 0. The van der Waals surface area contributed by atoms with E-state index in [9.17, 15) is 14.7 Å². The Kier molecular flexibility index (Phi) is 9.58. The fourth-order valence-corrected chi connectivity index (χ4v) is 4.82. The van der Waals surface area contributed by atoms with Crippen LogP contribution < -0.4 is 0 Å². The van der Waals surface area contributed by atoms with E-state index in [4.69, 9.17) is 27.9 Å². The first-order valence-corrected chi connectivity index (χ1v) is 13.0. The average molecular weight is 541 g/mol. The maximum Gasteiger partial charge on any atom is 0.325 e. The van der Waals surface area contributed by atoms with E-state index in [0.717, 1.165) is 17.7 Å². The van der Waals surface area contributed by atoms with E-state index in [1.54, 1.807) is 23.1 Å². The number of hydrogen-bond acceptors (Lipinski definition) is 5. The second-order valence-electron chi connectivity index (χ2n) is 9.22. The molecule has 0 saturated carbocycles. The van der Waals surface area contributed by atoms with E-state index in [2.05, 4.69) is 4.90 Å². The second kappa shape index (κ2) is 13.1. The van der Waals surface area contributed by atoms with E-state index in [1.165, 1.54) is 0 Å². The summed E-state index contributed by atoms with van der Waals surface area (Å²) < 4.78 is 5.54. The third-order valence-electron chi connectivity index (χ3n) is 6.44. The Labute approximate surface area is 227 Å². The Morgan fingerprint density at radius 3 is 2.32 bits per heavy atom. The molecule has 194 valence electrons. The molecule has 0 unspecified atom stereocenters. The molecule has 1 saturated heterocycles. The molecule has 1 aliphatic rings. The van der Waals surface area contributed by atoms with Crippen molar-refractivity contribution in [1.29, 1.82) is 0 Å². The van der Waals surface area contributed by atoms with Gasteiger partial charge in [-0.15, -0.1) is 0 Å². The van der Waals surface area contributed by atoms with E-state index < -0.39 is 18.1 Å². The number of amides is 1. The standard InChI is InChI=1S/C29H30Cl2N2O4/c30-25-12-11-22(15-26(25)31)16-28(35)33(19-29(36)37-20-21-7-3-1-4-8-21)27(23-9-5-2-6-10-23)18-32-14-13-24(34)17-32/h1-12,15,24,27,34H,13-14,16-20H2/t24-,27+/m0/s1. The molecule has 8 heteroatoms. The zero-order valence-electron chi connectivity index (χ0n) is 20.4. The maximum absolute atomic E-state index is 13.7. The molecule has 0 aliphatic carbocycles. The van der Waals surface area contributed by atoms with Gasteiger partial charge < -0.3 is 14.7 Å². The third-order valence-corrected chi connectivity index (χ3v) is 7.18. The normalized spacial score (nSPS) is 16.4. The minimum absolute atomic E-state index is 0.0504. The number of nitrogens with zero attached hydrogens (tertiary/aromatic N) is 2. The highest BCUT2D eigenvalue weighted by Gasteiger charge is 2.31. The summed E-state index contributed by atoms with van der Waals surface area (Å²) in [5.41, 5.74) is 2.47. The van der Waals surface area contributed by atoms with Crippen molar-refractivity contribution in [3.8, 4) is 0 Å². The third kappa shape index (κ3) is 7.79. The Balaban J connectivity index is 1.58. The van der Waals surface area contributed by atoms with Crippen LogP contribution in [0.25, 0.3) is 0 Å². The molecule has 4 rings (SSSR count). The Morgan fingerprint density at radius 2 is 1.68 bits per heavy atom. The molecule has 1 N–H and O–H groups in total. The minimum Gasteiger partial charge on any atom is -0.459 e. The van der Waals surface area contributed by atoms with Gasteiger partial charge in [-0.2, -0.15) is 0 Å². The molecule has 0 bridgehead atoms. The smallest absolute Gasteiger partial charge is 0.325 e. The van der Waals surface area contributed by atoms with Gasteiger partial charge in [0.25, 0.3) is 0 Å². The van der Waals surface area contributed by atoms with Crippen molar-refractivity contribution >= 4 is 35.1 Å². The van der Waals surface area contributed by atoms with E-state index >= 15 is 0 Å². The van der Waals surface area contributed by atoms with Crippen LogP contribution in [0.3, 0.4) is 0 Å². The first kappa shape index (κ1) is 27.1. The number of aliphatic hydroxyl groups is 1. The Morgan fingerprint density at radius 1 is 0.973 bits per heavy atom. The first-order valence-electron chi connectivity index (χ1n) is 12.3. The molecular formula is C29H30Cl2N2O4. The van der Waals surface area contributed by atoms with Crippen LogP contribution in [0.5, 0.6) is 0 Å². The number of carbonyl (C=O) groups excluding carboxylic acids is 2. The Hall–Kier alpha value is -2.90. The number of rotatable bonds is 10. The van der Waals surface area contributed by atoms with E-state index in [-0.39, 0.29) is 25.5 Å². The van der Waals surface area contributed by atoms with Crippen LogP contribution in [0.15, 0.2) is 78.9 Å². The van der Waals surface area contributed by atoms with Crippen LogP contribution in [0.4, 0.5) is 0 Å². The highest BCUT2D eigenvalue weighted by molar-refractivity contribution is 6.42. The number of carbonyl (C=O) groups is 2. The van der Waals surface area contributed by atoms with Gasteiger partial charge in [0.1, 0.15) is 13.2 Å². The number of aliphatic hydroxyl groups excluding tert-OH is 1. The summed E-state index contributed by atoms with van der Waals surface area (Å²) in [5, 5.41) is 10.9. The number of hydrogen-bond donors (Lipinski definition) is 1. The molecule has 3 aromatic carbocycles. The summed E-state index contributed by atoms with van der Waals surface area (Å²) in [6.45, 7) is 1.65. The van der Waals surface area contributed by atoms with Gasteiger partial charge in [0.05, 0.1) is 28.6 Å². The number of esters is 1. The topological polar surface area (TPSA) is 70.1 Å². The number of halogens is 2. The van der Waals surface area contributed by atoms with Crippen molar-refractivity contribution < 1.29 is 19.4 Å². The summed E-state index contributed by atoms with van der Waals surface area (Å²) >= 11 is 12.2. The SMILES string of the molecule is O=C(CN(C(=O)Cc1ccc(Cl)c(Cl)c1)[C@H](CN1CC[C@H](O)C1)c1ccccc1)OCc1ccccc1. The van der Waals surface area contributed by atoms with Gasteiger partial charge in [0.15, 0.2) is 0 Å². The zero-order chi connectivity index (χ0) is 26.2. The van der Waals surface area contributed by atoms with Crippen LogP contribution in [-0.2, 0) is 27.4 Å². The van der Waals surface area contributed by atoms with Crippen molar-refractivity contribution in [3.05, 3.63) is 106 Å². The lowest BCUT2D eigenvalue weighted by molar-refractivity contribution is -0.152. The fourth-order valence-electron chi connectivity index (χ4n) is 4.50. The average Bonchev–Trinajstić information content (AvgIpc) is 3.32. The van der Waals surface area contributed by atoms with Crippen molar-refractivity contribution in [2.75, 3.05) is 26.2 Å². The molecule has 1 amide bonds. The summed E-state index contributed by atoms with van der Waals surface area (Å²) in [6.07, 6.45) is 0.333. The van der Waals surface area contributed by atoms with Gasteiger partial charge in [-0.25, -0.2) is 0 Å². The second-order valence-corrected chi connectivity index (χ2v) is 10.0.